The molecule has 1 aromatic carbocycles. The molecule has 2 aromatic rings. The Hall–Kier alpha value is -2.23. The van der Waals surface area contributed by atoms with E-state index in [9.17, 15) is 4.79 Å². The molecule has 4 heteroatoms. The minimum Gasteiger partial charge on any atom is -0.475 e. The standard InChI is InChI=1S/C14H15NO3/c1-9-5-10(2)7-11(6-9)15-8-12-3-4-13(18-12)14(16)17/h3-7,15H,8H2,1-2H3,(H,16,17). The van der Waals surface area contributed by atoms with Gasteiger partial charge in [-0.2, -0.15) is 0 Å². The fourth-order valence-corrected chi connectivity index (χ4v) is 1.85. The molecule has 0 atom stereocenters. The molecule has 2 rings (SSSR count). The van der Waals surface area contributed by atoms with E-state index in [1.165, 1.54) is 17.2 Å². The van der Waals surface area contributed by atoms with Gasteiger partial charge in [0.1, 0.15) is 5.76 Å². The maximum Gasteiger partial charge on any atom is 0.371 e. The monoisotopic (exact) mass is 245 g/mol. The van der Waals surface area contributed by atoms with E-state index in [-0.39, 0.29) is 5.76 Å². The molecule has 1 heterocycles. The molecule has 0 amide bonds. The third kappa shape index (κ3) is 2.91. The first-order valence-electron chi connectivity index (χ1n) is 5.69. The van der Waals surface area contributed by atoms with Gasteiger partial charge in [0.2, 0.25) is 5.76 Å². The van der Waals surface area contributed by atoms with Gasteiger partial charge >= 0.3 is 5.97 Å². The first kappa shape index (κ1) is 12.2. The minimum atomic E-state index is -1.05. The molecule has 0 saturated carbocycles. The quantitative estimate of drug-likeness (QED) is 0.868. The highest BCUT2D eigenvalue weighted by Crippen LogP contribution is 2.15. The Bertz CT molecular complexity index is 552. The summed E-state index contributed by atoms with van der Waals surface area (Å²) < 4.78 is 5.17. The lowest BCUT2D eigenvalue weighted by atomic mass is 10.1. The number of aromatic carboxylic acids is 1. The van der Waals surface area contributed by atoms with E-state index >= 15 is 0 Å². The predicted octanol–water partition coefficient (Wildman–Crippen LogP) is 3.21. The van der Waals surface area contributed by atoms with Gasteiger partial charge < -0.3 is 14.8 Å². The van der Waals surface area contributed by atoms with Gasteiger partial charge in [-0.1, -0.05) is 6.07 Å². The Morgan fingerprint density at radius 2 is 1.89 bits per heavy atom. The molecule has 0 aliphatic heterocycles. The zero-order valence-corrected chi connectivity index (χ0v) is 10.4. The molecule has 0 spiro atoms. The summed E-state index contributed by atoms with van der Waals surface area (Å²) >= 11 is 0. The van der Waals surface area contributed by atoms with Crippen molar-refractivity contribution in [3.8, 4) is 0 Å². The number of benzene rings is 1. The fourth-order valence-electron chi connectivity index (χ4n) is 1.85. The second-order valence-corrected chi connectivity index (χ2v) is 4.30. The van der Waals surface area contributed by atoms with E-state index in [1.807, 2.05) is 26.0 Å². The number of furan rings is 1. The Balaban J connectivity index is 2.04. The van der Waals surface area contributed by atoms with Gasteiger partial charge in [0, 0.05) is 5.69 Å². The Morgan fingerprint density at radius 1 is 1.22 bits per heavy atom. The van der Waals surface area contributed by atoms with E-state index in [4.69, 9.17) is 9.52 Å². The van der Waals surface area contributed by atoms with Crippen LogP contribution in [-0.2, 0) is 6.54 Å². The molecule has 0 saturated heterocycles. The Morgan fingerprint density at radius 3 is 2.44 bits per heavy atom. The summed E-state index contributed by atoms with van der Waals surface area (Å²) in [7, 11) is 0. The summed E-state index contributed by atoms with van der Waals surface area (Å²) in [6, 6.07) is 9.29. The van der Waals surface area contributed by atoms with Crippen molar-refractivity contribution in [3.63, 3.8) is 0 Å². The van der Waals surface area contributed by atoms with E-state index in [1.54, 1.807) is 6.07 Å². The number of aryl methyl sites for hydroxylation is 2. The van der Waals surface area contributed by atoms with Gasteiger partial charge in [-0.25, -0.2) is 4.79 Å². The summed E-state index contributed by atoms with van der Waals surface area (Å²) in [5.41, 5.74) is 3.37. The summed E-state index contributed by atoms with van der Waals surface area (Å²) in [5, 5.41) is 12.0. The Kier molecular flexibility index (Phi) is 3.37. The zero-order valence-electron chi connectivity index (χ0n) is 10.4. The van der Waals surface area contributed by atoms with Crippen LogP contribution in [0.2, 0.25) is 0 Å². The van der Waals surface area contributed by atoms with Gasteiger partial charge in [-0.15, -0.1) is 0 Å². The van der Waals surface area contributed by atoms with Crippen molar-refractivity contribution in [1.29, 1.82) is 0 Å². The first-order chi connectivity index (χ1) is 8.54. The number of carboxylic acids is 1. The maximum absolute atomic E-state index is 10.7. The number of anilines is 1. The number of hydrogen-bond acceptors (Lipinski definition) is 3. The molecule has 0 aliphatic rings. The topological polar surface area (TPSA) is 62.5 Å². The van der Waals surface area contributed by atoms with Gasteiger partial charge in [-0.3, -0.25) is 0 Å². The molecule has 1 aromatic heterocycles. The highest BCUT2D eigenvalue weighted by Gasteiger charge is 2.08. The molecule has 0 unspecified atom stereocenters. The Labute approximate surface area is 105 Å². The summed E-state index contributed by atoms with van der Waals surface area (Å²) in [4.78, 5) is 10.7. The van der Waals surface area contributed by atoms with Crippen molar-refractivity contribution in [2.75, 3.05) is 5.32 Å². The van der Waals surface area contributed by atoms with Crippen LogP contribution in [0.15, 0.2) is 34.7 Å². The van der Waals surface area contributed by atoms with Gasteiger partial charge in [0.05, 0.1) is 6.54 Å². The number of hydrogen-bond donors (Lipinski definition) is 2. The summed E-state index contributed by atoms with van der Waals surface area (Å²) in [6.45, 7) is 4.54. The lowest BCUT2D eigenvalue weighted by Crippen LogP contribution is -1.99. The number of carboxylic acid groups (broad SMARTS) is 1. The van der Waals surface area contributed by atoms with E-state index < -0.39 is 5.97 Å². The third-order valence-corrected chi connectivity index (χ3v) is 2.56. The molecule has 4 nitrogen and oxygen atoms in total. The van der Waals surface area contributed by atoms with Crippen molar-refractivity contribution < 1.29 is 14.3 Å². The van der Waals surface area contributed by atoms with Crippen molar-refractivity contribution in [3.05, 3.63) is 53.0 Å². The van der Waals surface area contributed by atoms with Crippen molar-refractivity contribution in [2.24, 2.45) is 0 Å². The van der Waals surface area contributed by atoms with Crippen LogP contribution in [0.1, 0.15) is 27.4 Å². The van der Waals surface area contributed by atoms with Crippen LogP contribution in [0.3, 0.4) is 0 Å². The van der Waals surface area contributed by atoms with Crippen LogP contribution in [0.4, 0.5) is 5.69 Å². The lowest BCUT2D eigenvalue weighted by molar-refractivity contribution is 0.0660. The minimum absolute atomic E-state index is 0.0350. The molecule has 0 fully saturated rings. The van der Waals surface area contributed by atoms with Gasteiger partial charge in [0.25, 0.3) is 0 Å². The van der Waals surface area contributed by atoms with E-state index in [0.717, 1.165) is 5.69 Å². The molecule has 2 N–H and O–H groups in total. The van der Waals surface area contributed by atoms with E-state index in [2.05, 4.69) is 11.4 Å². The predicted molar refractivity (Wildman–Crippen MR) is 68.9 cm³/mol. The molecule has 0 radical (unpaired) electrons. The highest BCUT2D eigenvalue weighted by molar-refractivity contribution is 5.84. The normalized spacial score (nSPS) is 10.3. The van der Waals surface area contributed by atoms with Crippen LogP contribution in [-0.4, -0.2) is 11.1 Å². The lowest BCUT2D eigenvalue weighted by Gasteiger charge is -2.07. The number of rotatable bonds is 4. The number of nitrogens with one attached hydrogen (secondary N) is 1. The summed E-state index contributed by atoms with van der Waals surface area (Å²) in [5.74, 6) is -0.480. The smallest absolute Gasteiger partial charge is 0.371 e. The third-order valence-electron chi connectivity index (χ3n) is 2.56. The molecular formula is C14H15NO3. The van der Waals surface area contributed by atoms with Crippen LogP contribution in [0.5, 0.6) is 0 Å². The van der Waals surface area contributed by atoms with Crippen molar-refractivity contribution >= 4 is 11.7 Å². The fraction of sp³-hybridized carbons (Fsp3) is 0.214. The maximum atomic E-state index is 10.7. The molecule has 18 heavy (non-hydrogen) atoms. The average molecular weight is 245 g/mol. The van der Waals surface area contributed by atoms with Gasteiger partial charge in [0.15, 0.2) is 0 Å². The summed E-state index contributed by atoms with van der Waals surface area (Å²) in [6.07, 6.45) is 0. The van der Waals surface area contributed by atoms with Crippen LogP contribution in [0, 0.1) is 13.8 Å². The average Bonchev–Trinajstić information content (AvgIpc) is 2.73. The van der Waals surface area contributed by atoms with Crippen molar-refractivity contribution in [1.82, 2.24) is 0 Å². The van der Waals surface area contributed by atoms with E-state index in [0.29, 0.717) is 12.3 Å². The second kappa shape index (κ2) is 4.96. The van der Waals surface area contributed by atoms with Crippen LogP contribution >= 0.6 is 0 Å². The van der Waals surface area contributed by atoms with Crippen molar-refractivity contribution in [2.45, 2.75) is 20.4 Å². The SMILES string of the molecule is Cc1cc(C)cc(NCc2ccc(C(=O)O)o2)c1. The largest absolute Gasteiger partial charge is 0.475 e. The van der Waals surface area contributed by atoms with Crippen LogP contribution < -0.4 is 5.32 Å². The van der Waals surface area contributed by atoms with Gasteiger partial charge in [-0.05, 0) is 49.2 Å². The highest BCUT2D eigenvalue weighted by atomic mass is 16.4. The molecule has 0 bridgehead atoms. The molecule has 0 aliphatic carbocycles. The zero-order chi connectivity index (χ0) is 13.1. The molecule has 94 valence electrons. The number of carbonyl (C=O) groups is 1. The first-order valence-corrected chi connectivity index (χ1v) is 5.69. The van der Waals surface area contributed by atoms with Crippen LogP contribution in [0.25, 0.3) is 0 Å². The molecular weight excluding hydrogens is 230 g/mol. The second-order valence-electron chi connectivity index (χ2n) is 4.30.